The Morgan fingerprint density at radius 2 is 1.79 bits per heavy atom. The third kappa shape index (κ3) is 3.72. The fourth-order valence-corrected chi connectivity index (χ4v) is 4.17. The highest BCUT2D eigenvalue weighted by Gasteiger charge is 2.37. The average Bonchev–Trinajstić information content (AvgIpc) is 3.20. The molecule has 3 rings (SSSR count). The third-order valence-electron chi connectivity index (χ3n) is 5.57. The SMILES string of the molecule is CC1(C)CN(CCC2CC2)C(C2CCCCC2)CN1. The lowest BCUT2D eigenvalue weighted by atomic mass is 9.81. The molecule has 1 heterocycles. The molecule has 2 saturated carbocycles. The second-order valence-corrected chi connectivity index (χ2v) is 7.93. The van der Waals surface area contributed by atoms with Crippen molar-refractivity contribution in [2.75, 3.05) is 19.6 Å². The van der Waals surface area contributed by atoms with Crippen LogP contribution in [-0.4, -0.2) is 36.1 Å². The van der Waals surface area contributed by atoms with Gasteiger partial charge in [0.1, 0.15) is 0 Å². The van der Waals surface area contributed by atoms with Crippen molar-refractivity contribution in [1.29, 1.82) is 0 Å². The minimum atomic E-state index is 0.314. The van der Waals surface area contributed by atoms with Gasteiger partial charge in [-0.3, -0.25) is 4.90 Å². The molecule has 2 aliphatic carbocycles. The Hall–Kier alpha value is -0.0800. The predicted octanol–water partition coefficient (Wildman–Crippen LogP) is 3.42. The molecule has 2 heteroatoms. The van der Waals surface area contributed by atoms with E-state index in [9.17, 15) is 0 Å². The molecule has 0 bridgehead atoms. The maximum absolute atomic E-state index is 3.80. The summed E-state index contributed by atoms with van der Waals surface area (Å²) in [7, 11) is 0. The first-order valence-corrected chi connectivity index (χ1v) is 8.63. The Morgan fingerprint density at radius 3 is 2.47 bits per heavy atom. The van der Waals surface area contributed by atoms with Crippen molar-refractivity contribution in [3.63, 3.8) is 0 Å². The highest BCUT2D eigenvalue weighted by Crippen LogP contribution is 2.35. The zero-order valence-electron chi connectivity index (χ0n) is 13.0. The number of hydrogen-bond donors (Lipinski definition) is 1. The van der Waals surface area contributed by atoms with Gasteiger partial charge in [0.2, 0.25) is 0 Å². The molecule has 0 spiro atoms. The molecule has 1 N–H and O–H groups in total. The molecule has 110 valence electrons. The monoisotopic (exact) mass is 264 g/mol. The maximum Gasteiger partial charge on any atom is 0.0252 e. The molecule has 1 aliphatic heterocycles. The molecule has 0 radical (unpaired) electrons. The van der Waals surface area contributed by atoms with E-state index in [4.69, 9.17) is 0 Å². The summed E-state index contributed by atoms with van der Waals surface area (Å²) in [6.45, 7) is 8.57. The lowest BCUT2D eigenvalue weighted by molar-refractivity contribution is 0.0460. The molecule has 1 atom stereocenters. The predicted molar refractivity (Wildman–Crippen MR) is 81.4 cm³/mol. The van der Waals surface area contributed by atoms with E-state index in [1.165, 1.54) is 71.0 Å². The van der Waals surface area contributed by atoms with Gasteiger partial charge in [-0.25, -0.2) is 0 Å². The number of rotatable bonds is 4. The number of piperazine rings is 1. The lowest BCUT2D eigenvalue weighted by Crippen LogP contribution is -2.63. The number of hydrogen-bond acceptors (Lipinski definition) is 2. The van der Waals surface area contributed by atoms with E-state index < -0.39 is 0 Å². The Labute approximate surface area is 119 Å². The van der Waals surface area contributed by atoms with Gasteiger partial charge in [-0.15, -0.1) is 0 Å². The summed E-state index contributed by atoms with van der Waals surface area (Å²) in [5, 5.41) is 3.80. The van der Waals surface area contributed by atoms with Crippen molar-refractivity contribution in [2.45, 2.75) is 76.8 Å². The molecular weight excluding hydrogens is 232 g/mol. The van der Waals surface area contributed by atoms with Crippen molar-refractivity contribution in [3.05, 3.63) is 0 Å². The van der Waals surface area contributed by atoms with Crippen LogP contribution in [0, 0.1) is 11.8 Å². The van der Waals surface area contributed by atoms with Crippen molar-refractivity contribution in [2.24, 2.45) is 11.8 Å². The summed E-state index contributed by atoms with van der Waals surface area (Å²) in [4.78, 5) is 2.85. The zero-order valence-corrected chi connectivity index (χ0v) is 13.0. The summed E-state index contributed by atoms with van der Waals surface area (Å²) in [6, 6.07) is 0.826. The molecule has 3 fully saturated rings. The Balaban J connectivity index is 1.60. The van der Waals surface area contributed by atoms with E-state index in [0.717, 1.165) is 17.9 Å². The van der Waals surface area contributed by atoms with Gasteiger partial charge >= 0.3 is 0 Å². The molecule has 2 nitrogen and oxygen atoms in total. The minimum Gasteiger partial charge on any atom is -0.309 e. The van der Waals surface area contributed by atoms with Crippen LogP contribution in [0.4, 0.5) is 0 Å². The smallest absolute Gasteiger partial charge is 0.0252 e. The van der Waals surface area contributed by atoms with E-state index >= 15 is 0 Å². The standard InChI is InChI=1S/C17H32N2/c1-17(2)13-19(11-10-14-8-9-14)16(12-18-17)15-6-4-3-5-7-15/h14-16,18H,3-13H2,1-2H3. The zero-order chi connectivity index (χ0) is 13.3. The highest BCUT2D eigenvalue weighted by atomic mass is 15.3. The number of nitrogens with one attached hydrogen (secondary N) is 1. The van der Waals surface area contributed by atoms with Crippen molar-refractivity contribution in [3.8, 4) is 0 Å². The molecule has 0 aromatic heterocycles. The largest absolute Gasteiger partial charge is 0.309 e. The van der Waals surface area contributed by atoms with Gasteiger partial charge in [-0.05, 0) is 51.5 Å². The van der Waals surface area contributed by atoms with Gasteiger partial charge in [0.05, 0.1) is 0 Å². The second-order valence-electron chi connectivity index (χ2n) is 7.93. The third-order valence-corrected chi connectivity index (χ3v) is 5.57. The molecule has 1 saturated heterocycles. The summed E-state index contributed by atoms with van der Waals surface area (Å²) in [5.74, 6) is 2.04. The van der Waals surface area contributed by atoms with Gasteiger partial charge in [-0.1, -0.05) is 32.1 Å². The van der Waals surface area contributed by atoms with Crippen LogP contribution in [-0.2, 0) is 0 Å². The van der Waals surface area contributed by atoms with Crippen LogP contribution in [0.5, 0.6) is 0 Å². The molecule has 19 heavy (non-hydrogen) atoms. The van der Waals surface area contributed by atoms with Gasteiger partial charge < -0.3 is 5.32 Å². The fourth-order valence-electron chi connectivity index (χ4n) is 4.17. The topological polar surface area (TPSA) is 15.3 Å². The Bertz CT molecular complexity index is 290. The van der Waals surface area contributed by atoms with Gasteiger partial charge in [0.25, 0.3) is 0 Å². The molecule has 0 aromatic carbocycles. The van der Waals surface area contributed by atoms with Crippen LogP contribution in [0.1, 0.15) is 65.2 Å². The minimum absolute atomic E-state index is 0.314. The first kappa shape index (κ1) is 13.9. The second kappa shape index (κ2) is 5.73. The van der Waals surface area contributed by atoms with Crippen LogP contribution in [0.25, 0.3) is 0 Å². The molecule has 0 amide bonds. The highest BCUT2D eigenvalue weighted by molar-refractivity contribution is 4.95. The first-order valence-electron chi connectivity index (χ1n) is 8.63. The summed E-state index contributed by atoms with van der Waals surface area (Å²) >= 11 is 0. The Kier molecular flexibility index (Phi) is 4.19. The van der Waals surface area contributed by atoms with Crippen LogP contribution >= 0.6 is 0 Å². The maximum atomic E-state index is 3.80. The van der Waals surface area contributed by atoms with Crippen LogP contribution in [0.2, 0.25) is 0 Å². The summed E-state index contributed by atoms with van der Waals surface area (Å²) in [5.41, 5.74) is 0.314. The van der Waals surface area contributed by atoms with Crippen molar-refractivity contribution in [1.82, 2.24) is 10.2 Å². The average molecular weight is 264 g/mol. The molecule has 0 aromatic rings. The lowest BCUT2D eigenvalue weighted by Gasteiger charge is -2.48. The van der Waals surface area contributed by atoms with E-state index in [1.807, 2.05) is 0 Å². The van der Waals surface area contributed by atoms with E-state index in [1.54, 1.807) is 0 Å². The summed E-state index contributed by atoms with van der Waals surface area (Å²) < 4.78 is 0. The fraction of sp³-hybridized carbons (Fsp3) is 1.00. The van der Waals surface area contributed by atoms with Gasteiger partial charge in [0.15, 0.2) is 0 Å². The van der Waals surface area contributed by atoms with E-state index in [-0.39, 0.29) is 0 Å². The van der Waals surface area contributed by atoms with Crippen LogP contribution < -0.4 is 5.32 Å². The molecule has 1 unspecified atom stereocenters. The van der Waals surface area contributed by atoms with Crippen LogP contribution in [0.3, 0.4) is 0 Å². The normalized spacial score (nSPS) is 33.5. The van der Waals surface area contributed by atoms with E-state index in [0.29, 0.717) is 5.54 Å². The van der Waals surface area contributed by atoms with E-state index in [2.05, 4.69) is 24.1 Å². The first-order chi connectivity index (χ1) is 9.14. The van der Waals surface area contributed by atoms with Gasteiger partial charge in [-0.2, -0.15) is 0 Å². The van der Waals surface area contributed by atoms with Crippen molar-refractivity contribution < 1.29 is 0 Å². The molecule has 3 aliphatic rings. The quantitative estimate of drug-likeness (QED) is 0.837. The Morgan fingerprint density at radius 1 is 1.05 bits per heavy atom. The summed E-state index contributed by atoms with van der Waals surface area (Å²) in [6.07, 6.45) is 11.8. The number of nitrogens with zero attached hydrogens (tertiary/aromatic N) is 1. The van der Waals surface area contributed by atoms with Crippen LogP contribution in [0.15, 0.2) is 0 Å². The van der Waals surface area contributed by atoms with Crippen molar-refractivity contribution >= 4 is 0 Å². The van der Waals surface area contributed by atoms with Gasteiger partial charge in [0, 0.05) is 24.7 Å². The molecular formula is C17H32N2.